The molecular weight excluding hydrogens is 680 g/mol. The highest BCUT2D eigenvalue weighted by molar-refractivity contribution is 14.1. The fourth-order valence-corrected chi connectivity index (χ4v) is 5.80. The van der Waals surface area contributed by atoms with E-state index in [1.54, 1.807) is 0 Å². The van der Waals surface area contributed by atoms with Gasteiger partial charge < -0.3 is 5.11 Å². The first-order valence-corrected chi connectivity index (χ1v) is 9.54. The summed E-state index contributed by atoms with van der Waals surface area (Å²) < 4.78 is 4.82. The van der Waals surface area contributed by atoms with E-state index in [4.69, 9.17) is 0 Å². The third kappa shape index (κ3) is 2.28. The molecule has 2 rings (SSSR count). The van der Waals surface area contributed by atoms with Crippen LogP contribution >= 0.6 is 90.4 Å². The number of halogens is 4. The van der Waals surface area contributed by atoms with E-state index in [1.807, 2.05) is 6.92 Å². The highest BCUT2D eigenvalue weighted by atomic mass is 127. The smallest absolute Gasteiger partial charge is 0.132 e. The Morgan fingerprint density at radius 2 is 1.11 bits per heavy atom. The summed E-state index contributed by atoms with van der Waals surface area (Å²) in [7, 11) is 0. The van der Waals surface area contributed by atoms with Gasteiger partial charge in [0.05, 0.1) is 3.57 Å². The Kier molecular flexibility index (Phi) is 4.97. The van der Waals surface area contributed by atoms with E-state index in [1.165, 1.54) is 32.6 Å². The summed E-state index contributed by atoms with van der Waals surface area (Å²) in [5.74, 6) is 0.426. The van der Waals surface area contributed by atoms with Crippen molar-refractivity contribution in [3.8, 4) is 5.75 Å². The molecule has 0 atom stereocenters. The van der Waals surface area contributed by atoms with Crippen LogP contribution in [0.1, 0.15) is 16.7 Å². The molecule has 0 aliphatic carbocycles. The number of benzene rings is 2. The maximum absolute atomic E-state index is 10.2. The molecule has 0 aliphatic rings. The Hall–Kier alpha value is 1.42. The molecule has 0 bridgehead atoms. The van der Waals surface area contributed by atoms with Crippen LogP contribution in [-0.4, -0.2) is 5.11 Å². The van der Waals surface area contributed by atoms with Crippen molar-refractivity contribution in [2.24, 2.45) is 0 Å². The molecule has 96 valence electrons. The second kappa shape index (κ2) is 5.66. The van der Waals surface area contributed by atoms with E-state index in [0.717, 1.165) is 9.13 Å². The van der Waals surface area contributed by atoms with Crippen LogP contribution in [0.2, 0.25) is 0 Å². The number of hydrogen-bond donors (Lipinski definition) is 1. The van der Waals surface area contributed by atoms with Crippen LogP contribution in [0.5, 0.6) is 5.75 Å². The van der Waals surface area contributed by atoms with Crippen LogP contribution < -0.4 is 0 Å². The molecule has 0 unspecified atom stereocenters. The van der Waals surface area contributed by atoms with Crippen LogP contribution in [0, 0.1) is 35.1 Å². The van der Waals surface area contributed by atoms with Crippen LogP contribution in [0.15, 0.2) is 0 Å². The van der Waals surface area contributed by atoms with Gasteiger partial charge in [-0.25, -0.2) is 0 Å². The fourth-order valence-electron chi connectivity index (χ4n) is 2.05. The minimum Gasteiger partial charge on any atom is -0.507 e. The molecule has 18 heavy (non-hydrogen) atoms. The molecule has 1 N–H and O–H groups in total. The van der Waals surface area contributed by atoms with Crippen LogP contribution in [0.4, 0.5) is 0 Å². The molecular formula is C13H10I4O. The Labute approximate surface area is 161 Å². The van der Waals surface area contributed by atoms with Gasteiger partial charge in [0.15, 0.2) is 0 Å². The summed E-state index contributed by atoms with van der Waals surface area (Å²) in [6.45, 7) is 6.24. The first-order chi connectivity index (χ1) is 8.29. The molecule has 0 radical (unpaired) electrons. The lowest BCUT2D eigenvalue weighted by Gasteiger charge is -2.17. The van der Waals surface area contributed by atoms with Crippen molar-refractivity contribution in [3.05, 3.63) is 31.0 Å². The quantitative estimate of drug-likeness (QED) is 0.271. The Bertz CT molecular complexity index is 564. The van der Waals surface area contributed by atoms with E-state index >= 15 is 0 Å². The Balaban J connectivity index is 3.22. The van der Waals surface area contributed by atoms with Gasteiger partial charge >= 0.3 is 0 Å². The van der Waals surface area contributed by atoms with E-state index in [0.29, 0.717) is 5.75 Å². The summed E-state index contributed by atoms with van der Waals surface area (Å²) in [6.07, 6.45) is 0. The zero-order valence-electron chi connectivity index (χ0n) is 9.96. The average molecular weight is 690 g/mol. The fraction of sp³-hybridized carbons (Fsp3) is 0.231. The summed E-state index contributed by atoms with van der Waals surface area (Å²) in [5, 5.41) is 12.7. The monoisotopic (exact) mass is 690 g/mol. The highest BCUT2D eigenvalue weighted by Gasteiger charge is 2.20. The number of hydrogen-bond acceptors (Lipinski definition) is 1. The molecule has 1 nitrogen and oxygen atoms in total. The standard InChI is InChI=1S/C13H10I4O/c1-4-7-8(5(2)13(18)11(4)16)9(14)6(3)10(15)12(7)17/h18H,1-3H3. The molecule has 0 spiro atoms. The lowest BCUT2D eigenvalue weighted by Crippen LogP contribution is -1.99. The molecule has 5 heteroatoms. The summed E-state index contributed by atoms with van der Waals surface area (Å²) in [4.78, 5) is 0. The molecule has 0 saturated carbocycles. The highest BCUT2D eigenvalue weighted by Crippen LogP contribution is 2.42. The predicted octanol–water partition coefficient (Wildman–Crippen LogP) is 5.89. The van der Waals surface area contributed by atoms with Crippen molar-refractivity contribution in [1.29, 1.82) is 0 Å². The van der Waals surface area contributed by atoms with Gasteiger partial charge in [0, 0.05) is 27.0 Å². The SMILES string of the molecule is Cc1c(I)c(I)c2c(C)c(I)c(O)c(C)c2c1I. The largest absolute Gasteiger partial charge is 0.507 e. The van der Waals surface area contributed by atoms with E-state index in [2.05, 4.69) is 104 Å². The van der Waals surface area contributed by atoms with Crippen molar-refractivity contribution < 1.29 is 5.11 Å². The third-order valence-electron chi connectivity index (χ3n) is 3.18. The molecule has 0 aliphatic heterocycles. The number of aryl methyl sites for hydroxylation is 2. The molecule has 0 saturated heterocycles. The first kappa shape index (κ1) is 15.8. The molecule has 0 heterocycles. The molecule has 2 aromatic carbocycles. The number of phenolic OH excluding ortho intramolecular Hbond substituents is 1. The number of fused-ring (bicyclic) bond motifs is 1. The maximum atomic E-state index is 10.2. The zero-order valence-corrected chi connectivity index (χ0v) is 18.6. The van der Waals surface area contributed by atoms with Crippen molar-refractivity contribution in [2.45, 2.75) is 20.8 Å². The molecule has 0 fully saturated rings. The van der Waals surface area contributed by atoms with Gasteiger partial charge in [0.1, 0.15) is 5.75 Å². The number of aromatic hydroxyl groups is 1. The van der Waals surface area contributed by atoms with E-state index in [9.17, 15) is 5.11 Å². The summed E-state index contributed by atoms with van der Waals surface area (Å²) >= 11 is 9.46. The van der Waals surface area contributed by atoms with Crippen molar-refractivity contribution in [2.75, 3.05) is 0 Å². The predicted molar refractivity (Wildman–Crippen MR) is 111 cm³/mol. The number of rotatable bonds is 0. The lowest BCUT2D eigenvalue weighted by atomic mass is 9.98. The Morgan fingerprint density at radius 3 is 1.67 bits per heavy atom. The number of phenols is 1. The normalized spacial score (nSPS) is 11.3. The van der Waals surface area contributed by atoms with Crippen molar-refractivity contribution >= 4 is 101 Å². The maximum Gasteiger partial charge on any atom is 0.132 e. The van der Waals surface area contributed by atoms with Crippen LogP contribution in [-0.2, 0) is 0 Å². The van der Waals surface area contributed by atoms with Gasteiger partial charge in [0.25, 0.3) is 0 Å². The lowest BCUT2D eigenvalue weighted by molar-refractivity contribution is 0.468. The van der Waals surface area contributed by atoms with E-state index < -0.39 is 0 Å². The first-order valence-electron chi connectivity index (χ1n) is 5.23. The topological polar surface area (TPSA) is 20.2 Å². The van der Waals surface area contributed by atoms with Gasteiger partial charge in [-0.3, -0.25) is 0 Å². The molecule has 0 aromatic heterocycles. The van der Waals surface area contributed by atoms with Gasteiger partial charge in [0.2, 0.25) is 0 Å². The van der Waals surface area contributed by atoms with Crippen LogP contribution in [0.3, 0.4) is 0 Å². The summed E-state index contributed by atoms with van der Waals surface area (Å²) in [5.41, 5.74) is 3.46. The second-order valence-corrected chi connectivity index (χ2v) is 8.54. The Morgan fingerprint density at radius 1 is 0.611 bits per heavy atom. The average Bonchev–Trinajstić information content (AvgIpc) is 2.35. The van der Waals surface area contributed by atoms with Crippen molar-refractivity contribution in [1.82, 2.24) is 0 Å². The van der Waals surface area contributed by atoms with Gasteiger partial charge in [-0.15, -0.1) is 0 Å². The van der Waals surface area contributed by atoms with Gasteiger partial charge in [-0.05, 0) is 122 Å². The van der Waals surface area contributed by atoms with Gasteiger partial charge in [-0.1, -0.05) is 0 Å². The minimum absolute atomic E-state index is 0.426. The second-order valence-electron chi connectivity index (χ2n) is 4.23. The molecule has 2 aromatic rings. The van der Waals surface area contributed by atoms with Crippen LogP contribution in [0.25, 0.3) is 10.8 Å². The molecule has 0 amide bonds. The van der Waals surface area contributed by atoms with Crippen molar-refractivity contribution in [3.63, 3.8) is 0 Å². The third-order valence-corrected chi connectivity index (χ3v) is 9.31. The minimum atomic E-state index is 0.426. The van der Waals surface area contributed by atoms with Gasteiger partial charge in [-0.2, -0.15) is 0 Å². The van der Waals surface area contributed by atoms with E-state index in [-0.39, 0.29) is 0 Å². The zero-order chi connectivity index (χ0) is 13.8. The summed E-state index contributed by atoms with van der Waals surface area (Å²) in [6, 6.07) is 0.